The largest absolute Gasteiger partial charge is 0.490 e. The zero-order valence-electron chi connectivity index (χ0n) is 21.5. The number of hydroxylamine groups is 2. The number of aromatic nitrogens is 2. The number of hydrogen-bond donors (Lipinski definition) is 0. The van der Waals surface area contributed by atoms with Crippen LogP contribution in [0.1, 0.15) is 60.7 Å². The average Bonchev–Trinajstić information content (AvgIpc) is 3.53. The van der Waals surface area contributed by atoms with Gasteiger partial charge in [-0.15, -0.1) is 0 Å². The van der Waals surface area contributed by atoms with Gasteiger partial charge in [-0.2, -0.15) is 10.4 Å². The van der Waals surface area contributed by atoms with Crippen LogP contribution in [0.2, 0.25) is 0 Å². The van der Waals surface area contributed by atoms with Gasteiger partial charge in [-0.05, 0) is 87.4 Å². The zero-order valence-corrected chi connectivity index (χ0v) is 21.5. The fraction of sp³-hybridized carbons (Fsp3) is 0.414. The highest BCUT2D eigenvalue weighted by Crippen LogP contribution is 2.37. The van der Waals surface area contributed by atoms with Crippen molar-refractivity contribution in [3.8, 4) is 17.5 Å². The Kier molecular flexibility index (Phi) is 7.43. The highest BCUT2D eigenvalue weighted by atomic mass is 19.1. The van der Waals surface area contributed by atoms with Crippen molar-refractivity contribution in [3.05, 3.63) is 76.6 Å². The molecule has 2 fully saturated rings. The van der Waals surface area contributed by atoms with E-state index in [0.29, 0.717) is 43.7 Å². The molecule has 1 saturated carbocycles. The van der Waals surface area contributed by atoms with Crippen LogP contribution >= 0.6 is 0 Å². The smallest absolute Gasteiger partial charge is 0.249 e. The Hall–Kier alpha value is -3.77. The highest BCUT2D eigenvalue weighted by Gasteiger charge is 2.37. The molecule has 0 unspecified atom stereocenters. The summed E-state index contributed by atoms with van der Waals surface area (Å²) in [5.74, 6) is -0.836. The van der Waals surface area contributed by atoms with Crippen LogP contribution in [-0.2, 0) is 9.63 Å². The quantitative estimate of drug-likeness (QED) is 0.415. The number of carbonyl (C=O) groups excluding carboxylic acids is 1. The lowest BCUT2D eigenvalue weighted by molar-refractivity contribution is -0.183. The van der Waals surface area contributed by atoms with Crippen LogP contribution < -0.4 is 4.74 Å². The lowest BCUT2D eigenvalue weighted by Gasteiger charge is -2.32. The Morgan fingerprint density at radius 2 is 1.89 bits per heavy atom. The predicted molar refractivity (Wildman–Crippen MR) is 135 cm³/mol. The highest BCUT2D eigenvalue weighted by molar-refractivity contribution is 5.78. The van der Waals surface area contributed by atoms with Crippen LogP contribution in [0.5, 0.6) is 5.75 Å². The standard InChI is InChI=1S/C29H30F2N4O3/c1-18-11-19(2)34(33-18)25-7-8-28(26(31)15-25)37-17-20-3-5-22(6-4-20)29(36)35-27(9-10-38-35)23-12-21(16-32)13-24(30)14-23/h7-8,11-15,20,22,27H,3-6,9-10,17H2,1-2H3/t20?,22?,27-/m0/s1. The molecular weight excluding hydrogens is 490 g/mol. The van der Waals surface area contributed by atoms with Gasteiger partial charge in [-0.3, -0.25) is 9.63 Å². The predicted octanol–water partition coefficient (Wildman–Crippen LogP) is 5.73. The summed E-state index contributed by atoms with van der Waals surface area (Å²) in [6, 6.07) is 12.5. The first kappa shape index (κ1) is 25.9. The Morgan fingerprint density at radius 3 is 2.58 bits per heavy atom. The second kappa shape index (κ2) is 10.9. The number of aryl methyl sites for hydroxylation is 2. The van der Waals surface area contributed by atoms with Gasteiger partial charge in [0.05, 0.1) is 42.3 Å². The van der Waals surface area contributed by atoms with Gasteiger partial charge >= 0.3 is 0 Å². The molecule has 198 valence electrons. The van der Waals surface area contributed by atoms with E-state index in [2.05, 4.69) is 5.10 Å². The molecular formula is C29H30F2N4O3. The van der Waals surface area contributed by atoms with Crippen molar-refractivity contribution in [2.24, 2.45) is 11.8 Å². The van der Waals surface area contributed by atoms with Crippen molar-refractivity contribution in [1.29, 1.82) is 5.26 Å². The molecule has 2 aromatic carbocycles. The first-order chi connectivity index (χ1) is 18.3. The number of ether oxygens (including phenoxy) is 1. The molecule has 7 nitrogen and oxygen atoms in total. The van der Waals surface area contributed by atoms with E-state index in [4.69, 9.17) is 9.57 Å². The number of nitriles is 1. The fourth-order valence-corrected chi connectivity index (χ4v) is 5.45. The third-order valence-electron chi connectivity index (χ3n) is 7.40. The molecule has 1 amide bonds. The number of amides is 1. The van der Waals surface area contributed by atoms with Crippen LogP contribution in [0.3, 0.4) is 0 Å². The van der Waals surface area contributed by atoms with E-state index in [-0.39, 0.29) is 29.1 Å². The van der Waals surface area contributed by atoms with Crippen molar-refractivity contribution >= 4 is 5.91 Å². The van der Waals surface area contributed by atoms with Crippen molar-refractivity contribution in [2.45, 2.75) is 52.0 Å². The van der Waals surface area contributed by atoms with Gasteiger partial charge < -0.3 is 4.74 Å². The second-order valence-corrected chi connectivity index (χ2v) is 10.2. The van der Waals surface area contributed by atoms with Gasteiger partial charge in [0.15, 0.2) is 11.6 Å². The van der Waals surface area contributed by atoms with E-state index in [1.165, 1.54) is 23.3 Å². The average molecular weight is 521 g/mol. The minimum Gasteiger partial charge on any atom is -0.490 e. The molecule has 38 heavy (non-hydrogen) atoms. The van der Waals surface area contributed by atoms with Crippen LogP contribution in [-0.4, -0.2) is 34.0 Å². The Bertz CT molecular complexity index is 1370. The molecule has 1 saturated heterocycles. The van der Waals surface area contributed by atoms with Gasteiger partial charge in [0.2, 0.25) is 5.91 Å². The maximum Gasteiger partial charge on any atom is 0.249 e. The Labute approximate surface area is 220 Å². The number of carbonyl (C=O) groups is 1. The van der Waals surface area contributed by atoms with Crippen molar-refractivity contribution in [3.63, 3.8) is 0 Å². The van der Waals surface area contributed by atoms with Crippen LogP contribution in [0.4, 0.5) is 8.78 Å². The minimum atomic E-state index is -0.503. The van der Waals surface area contributed by atoms with Gasteiger partial charge in [0, 0.05) is 24.1 Å². The molecule has 2 heterocycles. The van der Waals surface area contributed by atoms with E-state index in [9.17, 15) is 18.8 Å². The van der Waals surface area contributed by atoms with E-state index < -0.39 is 17.7 Å². The van der Waals surface area contributed by atoms with Crippen molar-refractivity contribution in [2.75, 3.05) is 13.2 Å². The van der Waals surface area contributed by atoms with E-state index >= 15 is 0 Å². The van der Waals surface area contributed by atoms with E-state index in [1.54, 1.807) is 22.9 Å². The SMILES string of the molecule is Cc1cc(C)n(-c2ccc(OCC3CCC(C(=O)N4OCC[C@H]4c4cc(F)cc(C#N)c4)CC3)c(F)c2)n1. The van der Waals surface area contributed by atoms with Crippen LogP contribution in [0, 0.1) is 48.6 Å². The summed E-state index contributed by atoms with van der Waals surface area (Å²) in [4.78, 5) is 18.9. The number of rotatable bonds is 6. The summed E-state index contributed by atoms with van der Waals surface area (Å²) >= 11 is 0. The molecule has 5 rings (SSSR count). The molecule has 0 radical (unpaired) electrons. The maximum atomic E-state index is 14.7. The number of benzene rings is 2. The number of nitrogens with zero attached hydrogens (tertiary/aromatic N) is 4. The monoisotopic (exact) mass is 520 g/mol. The summed E-state index contributed by atoms with van der Waals surface area (Å²) in [7, 11) is 0. The topological polar surface area (TPSA) is 80.4 Å². The fourth-order valence-electron chi connectivity index (χ4n) is 5.45. The summed E-state index contributed by atoms with van der Waals surface area (Å²) < 4.78 is 36.3. The first-order valence-corrected chi connectivity index (χ1v) is 12.9. The van der Waals surface area contributed by atoms with E-state index in [1.807, 2.05) is 26.0 Å². The van der Waals surface area contributed by atoms with Gasteiger partial charge in [0.1, 0.15) is 5.82 Å². The number of hydrogen-bond acceptors (Lipinski definition) is 5. The summed E-state index contributed by atoms with van der Waals surface area (Å²) in [6.07, 6.45) is 3.45. The normalized spacial score (nSPS) is 21.3. The molecule has 9 heteroatoms. The molecule has 1 aliphatic heterocycles. The minimum absolute atomic E-state index is 0.111. The third-order valence-corrected chi connectivity index (χ3v) is 7.40. The van der Waals surface area contributed by atoms with Gasteiger partial charge in [0.25, 0.3) is 0 Å². The molecule has 0 bridgehead atoms. The van der Waals surface area contributed by atoms with Gasteiger partial charge in [-0.1, -0.05) is 0 Å². The molecule has 2 aliphatic rings. The third kappa shape index (κ3) is 5.41. The maximum absolute atomic E-state index is 14.7. The van der Waals surface area contributed by atoms with Crippen LogP contribution in [0.15, 0.2) is 42.5 Å². The number of halogens is 2. The molecule has 1 atom stereocenters. The van der Waals surface area contributed by atoms with Gasteiger partial charge in [-0.25, -0.2) is 18.5 Å². The zero-order chi connectivity index (χ0) is 26.8. The lowest BCUT2D eigenvalue weighted by atomic mass is 9.81. The molecule has 1 aliphatic carbocycles. The van der Waals surface area contributed by atoms with E-state index in [0.717, 1.165) is 24.2 Å². The summed E-state index contributed by atoms with van der Waals surface area (Å²) in [5, 5.41) is 14.9. The molecule has 0 spiro atoms. The Morgan fingerprint density at radius 1 is 1.11 bits per heavy atom. The molecule has 3 aromatic rings. The summed E-state index contributed by atoms with van der Waals surface area (Å²) in [6.45, 7) is 4.55. The Balaban J connectivity index is 1.15. The second-order valence-electron chi connectivity index (χ2n) is 10.2. The molecule has 1 aromatic heterocycles. The van der Waals surface area contributed by atoms with Crippen molar-refractivity contribution < 1.29 is 23.1 Å². The van der Waals surface area contributed by atoms with Crippen molar-refractivity contribution in [1.82, 2.24) is 14.8 Å². The lowest BCUT2D eigenvalue weighted by Crippen LogP contribution is -2.37. The molecule has 0 N–H and O–H groups in total. The summed E-state index contributed by atoms with van der Waals surface area (Å²) in [5.41, 5.74) is 3.23. The first-order valence-electron chi connectivity index (χ1n) is 12.9. The van der Waals surface area contributed by atoms with Crippen LogP contribution in [0.25, 0.3) is 5.69 Å².